The molecule has 0 bridgehead atoms. The molecule has 0 fully saturated rings. The van der Waals surface area contributed by atoms with Gasteiger partial charge in [0.2, 0.25) is 0 Å². The molecule has 3 nitrogen and oxygen atoms in total. The summed E-state index contributed by atoms with van der Waals surface area (Å²) in [6, 6.07) is 0. The molecule has 0 aliphatic carbocycles. The summed E-state index contributed by atoms with van der Waals surface area (Å²) in [6.45, 7) is 3.53. The number of carbonyl (C=O) groups is 1. The van der Waals surface area contributed by atoms with Gasteiger partial charge in [-0.25, -0.2) is 0 Å². The van der Waals surface area contributed by atoms with Crippen LogP contribution in [0.3, 0.4) is 0 Å². The third-order valence-corrected chi connectivity index (χ3v) is 1.59. The summed E-state index contributed by atoms with van der Waals surface area (Å²) in [7, 11) is 0. The van der Waals surface area contributed by atoms with Crippen LogP contribution in [-0.2, 0) is 9.63 Å². The lowest BCUT2D eigenvalue weighted by Crippen LogP contribution is -2.16. The molecule has 0 saturated carbocycles. The third-order valence-electron chi connectivity index (χ3n) is 1.59. The monoisotopic (exact) mass is 141 g/mol. The summed E-state index contributed by atoms with van der Waals surface area (Å²) in [5, 5.41) is 3.75. The van der Waals surface area contributed by atoms with Crippen LogP contribution in [0.1, 0.15) is 26.7 Å². The molecule has 0 saturated heterocycles. The van der Waals surface area contributed by atoms with E-state index in [1.165, 1.54) is 6.92 Å². The van der Waals surface area contributed by atoms with Gasteiger partial charge in [0.1, 0.15) is 0 Å². The van der Waals surface area contributed by atoms with Crippen LogP contribution in [0.5, 0.6) is 0 Å². The molecular formula is C7H11NO2. The van der Waals surface area contributed by atoms with E-state index in [0.29, 0.717) is 6.42 Å². The van der Waals surface area contributed by atoms with Crippen molar-refractivity contribution in [1.82, 2.24) is 0 Å². The fourth-order valence-electron chi connectivity index (χ4n) is 0.854. The number of hydrogen-bond acceptors (Lipinski definition) is 3. The molecule has 3 heteroatoms. The van der Waals surface area contributed by atoms with Crippen LogP contribution in [0.15, 0.2) is 5.16 Å². The predicted molar refractivity (Wildman–Crippen MR) is 37.9 cm³/mol. The molecule has 1 heterocycles. The molecule has 1 unspecified atom stereocenters. The van der Waals surface area contributed by atoms with Crippen LogP contribution < -0.4 is 0 Å². The highest BCUT2D eigenvalue weighted by Gasteiger charge is 2.23. The Kier molecular flexibility index (Phi) is 2.04. The quantitative estimate of drug-likeness (QED) is 0.578. The molecule has 1 atom stereocenters. The summed E-state index contributed by atoms with van der Waals surface area (Å²) in [5.74, 6) is 0.0622. The van der Waals surface area contributed by atoms with Crippen LogP contribution >= 0.6 is 0 Å². The second kappa shape index (κ2) is 2.82. The van der Waals surface area contributed by atoms with Crippen molar-refractivity contribution in [3.63, 3.8) is 0 Å². The van der Waals surface area contributed by atoms with E-state index in [1.807, 2.05) is 6.92 Å². The van der Waals surface area contributed by atoms with E-state index in [1.54, 1.807) is 0 Å². The lowest BCUT2D eigenvalue weighted by Gasteiger charge is -2.00. The van der Waals surface area contributed by atoms with Gasteiger partial charge in [-0.2, -0.15) is 0 Å². The van der Waals surface area contributed by atoms with Crippen molar-refractivity contribution >= 4 is 11.5 Å². The average Bonchev–Trinajstić information content (AvgIpc) is 2.34. The summed E-state index contributed by atoms with van der Waals surface area (Å²) >= 11 is 0. The summed E-state index contributed by atoms with van der Waals surface area (Å²) in [5.41, 5.74) is 0.986. The Labute approximate surface area is 60.0 Å². The van der Waals surface area contributed by atoms with Gasteiger partial charge in [0.15, 0.2) is 11.9 Å². The fraction of sp³-hybridized carbons (Fsp3) is 0.714. The molecule has 0 N–H and O–H groups in total. The molecular weight excluding hydrogens is 130 g/mol. The lowest BCUT2D eigenvalue weighted by molar-refractivity contribution is -0.126. The normalized spacial score (nSPS) is 23.8. The molecule has 56 valence electrons. The summed E-state index contributed by atoms with van der Waals surface area (Å²) in [6.07, 6.45) is 1.27. The number of ketones is 1. The smallest absolute Gasteiger partial charge is 0.190 e. The van der Waals surface area contributed by atoms with E-state index >= 15 is 0 Å². The predicted octanol–water partition coefficient (Wildman–Crippen LogP) is 1.13. The highest BCUT2D eigenvalue weighted by molar-refractivity contribution is 5.92. The molecule has 0 aromatic carbocycles. The minimum atomic E-state index is -0.296. The summed E-state index contributed by atoms with van der Waals surface area (Å²) < 4.78 is 0. The Balaban J connectivity index is 2.43. The number of carbonyl (C=O) groups excluding carboxylic acids is 1. The Hall–Kier alpha value is -0.860. The zero-order valence-electron chi connectivity index (χ0n) is 6.26. The van der Waals surface area contributed by atoms with Gasteiger partial charge in [-0.1, -0.05) is 12.1 Å². The second-order valence-corrected chi connectivity index (χ2v) is 2.42. The Morgan fingerprint density at radius 3 is 2.90 bits per heavy atom. The van der Waals surface area contributed by atoms with Crippen molar-refractivity contribution in [1.29, 1.82) is 0 Å². The van der Waals surface area contributed by atoms with E-state index in [4.69, 9.17) is 4.84 Å². The molecule has 10 heavy (non-hydrogen) atoms. The van der Waals surface area contributed by atoms with Gasteiger partial charge < -0.3 is 4.84 Å². The second-order valence-electron chi connectivity index (χ2n) is 2.42. The summed E-state index contributed by atoms with van der Waals surface area (Å²) in [4.78, 5) is 15.6. The van der Waals surface area contributed by atoms with Crippen LogP contribution in [0.25, 0.3) is 0 Å². The van der Waals surface area contributed by atoms with Crippen molar-refractivity contribution in [2.75, 3.05) is 0 Å². The van der Waals surface area contributed by atoms with Gasteiger partial charge in [0.05, 0.1) is 5.71 Å². The van der Waals surface area contributed by atoms with Crippen molar-refractivity contribution in [3.05, 3.63) is 0 Å². The minimum absolute atomic E-state index is 0.0622. The number of hydrogen-bond donors (Lipinski definition) is 0. The first-order valence-electron chi connectivity index (χ1n) is 3.46. The number of Topliss-reactive ketones (excluding diaryl/α,β-unsaturated/α-hetero) is 1. The van der Waals surface area contributed by atoms with E-state index in [-0.39, 0.29) is 11.9 Å². The van der Waals surface area contributed by atoms with Crippen LogP contribution in [0, 0.1) is 0 Å². The standard InChI is InChI=1S/C7H11NO2/c1-3-6-4-7(5(2)9)10-8-6/h7H,3-4H2,1-2H3. The van der Waals surface area contributed by atoms with E-state index < -0.39 is 0 Å². The van der Waals surface area contributed by atoms with Gasteiger partial charge in [0, 0.05) is 6.42 Å². The molecule has 1 aliphatic heterocycles. The third kappa shape index (κ3) is 1.35. The molecule has 0 spiro atoms. The van der Waals surface area contributed by atoms with Gasteiger partial charge in [-0.3, -0.25) is 4.79 Å². The fourth-order valence-corrected chi connectivity index (χ4v) is 0.854. The molecule has 0 amide bonds. The number of nitrogens with zero attached hydrogens (tertiary/aromatic N) is 1. The Morgan fingerprint density at radius 2 is 2.60 bits per heavy atom. The van der Waals surface area contributed by atoms with Crippen LogP contribution in [-0.4, -0.2) is 17.6 Å². The molecule has 1 aliphatic rings. The highest BCUT2D eigenvalue weighted by Crippen LogP contribution is 2.12. The van der Waals surface area contributed by atoms with E-state index in [2.05, 4.69) is 5.16 Å². The van der Waals surface area contributed by atoms with Gasteiger partial charge in [0.25, 0.3) is 0 Å². The molecule has 1 rings (SSSR count). The van der Waals surface area contributed by atoms with Crippen molar-refractivity contribution in [2.45, 2.75) is 32.8 Å². The van der Waals surface area contributed by atoms with E-state index in [0.717, 1.165) is 12.1 Å². The van der Waals surface area contributed by atoms with Crippen molar-refractivity contribution in [2.24, 2.45) is 5.16 Å². The topological polar surface area (TPSA) is 38.7 Å². The first-order valence-corrected chi connectivity index (χ1v) is 3.46. The SMILES string of the molecule is CCC1=NOC(C(C)=O)C1. The average molecular weight is 141 g/mol. The van der Waals surface area contributed by atoms with E-state index in [9.17, 15) is 4.79 Å². The first kappa shape index (κ1) is 7.25. The largest absolute Gasteiger partial charge is 0.384 e. The van der Waals surface area contributed by atoms with Gasteiger partial charge in [-0.05, 0) is 13.3 Å². The van der Waals surface area contributed by atoms with Crippen molar-refractivity contribution in [3.8, 4) is 0 Å². The number of rotatable bonds is 2. The number of oxime groups is 1. The minimum Gasteiger partial charge on any atom is -0.384 e. The Bertz CT molecular complexity index is 174. The molecule has 0 aromatic heterocycles. The van der Waals surface area contributed by atoms with Gasteiger partial charge in [-0.15, -0.1) is 0 Å². The highest BCUT2D eigenvalue weighted by atomic mass is 16.6. The lowest BCUT2D eigenvalue weighted by atomic mass is 10.1. The maximum atomic E-state index is 10.7. The molecule has 0 aromatic rings. The zero-order valence-corrected chi connectivity index (χ0v) is 6.26. The molecule has 0 radical (unpaired) electrons. The van der Waals surface area contributed by atoms with Crippen LogP contribution in [0.4, 0.5) is 0 Å². The first-order chi connectivity index (χ1) is 4.74. The zero-order chi connectivity index (χ0) is 7.56. The van der Waals surface area contributed by atoms with Crippen LogP contribution in [0.2, 0.25) is 0 Å². The van der Waals surface area contributed by atoms with Gasteiger partial charge >= 0.3 is 0 Å². The van der Waals surface area contributed by atoms with Crippen molar-refractivity contribution < 1.29 is 9.63 Å². The maximum Gasteiger partial charge on any atom is 0.190 e. The Morgan fingerprint density at radius 1 is 1.90 bits per heavy atom. The maximum absolute atomic E-state index is 10.7.